The molecule has 114 valence electrons. The molecule has 4 nitrogen and oxygen atoms in total. The maximum absolute atomic E-state index is 9.84. The van der Waals surface area contributed by atoms with E-state index < -0.39 is 0 Å². The van der Waals surface area contributed by atoms with E-state index >= 15 is 0 Å². The van der Waals surface area contributed by atoms with Crippen molar-refractivity contribution < 1.29 is 9.84 Å². The van der Waals surface area contributed by atoms with E-state index in [1.54, 1.807) is 19.2 Å². The van der Waals surface area contributed by atoms with Crippen LogP contribution in [0.3, 0.4) is 0 Å². The Morgan fingerprint density at radius 3 is 2.55 bits per heavy atom. The minimum atomic E-state index is 0.309. The Labute approximate surface area is 122 Å². The zero-order chi connectivity index (χ0) is 15.1. The van der Waals surface area contributed by atoms with Crippen LogP contribution in [0.25, 0.3) is 0 Å². The highest BCUT2D eigenvalue weighted by Crippen LogP contribution is 2.22. The monoisotopic (exact) mass is 280 g/mol. The average Bonchev–Trinajstić information content (AvgIpc) is 2.39. The molecule has 1 rings (SSSR count). The van der Waals surface area contributed by atoms with Gasteiger partial charge < -0.3 is 20.1 Å². The Morgan fingerprint density at radius 1 is 1.30 bits per heavy atom. The van der Waals surface area contributed by atoms with Gasteiger partial charge in [-0.2, -0.15) is 0 Å². The summed E-state index contributed by atoms with van der Waals surface area (Å²) in [5.41, 5.74) is 0.867. The van der Waals surface area contributed by atoms with Gasteiger partial charge in [0.2, 0.25) is 0 Å². The predicted molar refractivity (Wildman–Crippen MR) is 83.3 cm³/mol. The van der Waals surface area contributed by atoms with E-state index in [1.807, 2.05) is 6.07 Å². The minimum absolute atomic E-state index is 0.309. The maximum atomic E-state index is 9.84. The number of methoxy groups -OCH3 is 1. The summed E-state index contributed by atoms with van der Waals surface area (Å²) in [5.74, 6) is 1.75. The molecule has 0 aliphatic carbocycles. The van der Waals surface area contributed by atoms with Crippen molar-refractivity contribution in [3.8, 4) is 11.5 Å². The van der Waals surface area contributed by atoms with Crippen LogP contribution in [0, 0.1) is 5.92 Å². The van der Waals surface area contributed by atoms with Gasteiger partial charge in [0, 0.05) is 24.7 Å². The first kappa shape index (κ1) is 16.8. The van der Waals surface area contributed by atoms with Gasteiger partial charge >= 0.3 is 0 Å². The van der Waals surface area contributed by atoms with Crippen molar-refractivity contribution in [1.82, 2.24) is 10.2 Å². The molecule has 2 N–H and O–H groups in total. The lowest BCUT2D eigenvalue weighted by Crippen LogP contribution is -2.38. The standard InChI is InChI=1S/C16H28N2O2/c1-12(2)8-14(18(3)4)11-17-10-13-9-15(20-5)6-7-16(13)19/h6-7,9,12,14,17,19H,8,10-11H2,1-5H3. The van der Waals surface area contributed by atoms with E-state index in [1.165, 1.54) is 0 Å². The number of nitrogens with zero attached hydrogens (tertiary/aromatic N) is 1. The first-order valence-electron chi connectivity index (χ1n) is 7.17. The average molecular weight is 280 g/mol. The minimum Gasteiger partial charge on any atom is -0.508 e. The lowest BCUT2D eigenvalue weighted by molar-refractivity contribution is 0.246. The van der Waals surface area contributed by atoms with Gasteiger partial charge in [-0.1, -0.05) is 13.8 Å². The molecule has 1 atom stereocenters. The van der Waals surface area contributed by atoms with Crippen molar-refractivity contribution in [3.63, 3.8) is 0 Å². The number of likely N-dealkylation sites (N-methyl/N-ethyl adjacent to an activating group) is 1. The highest BCUT2D eigenvalue weighted by Gasteiger charge is 2.13. The number of ether oxygens (including phenoxy) is 1. The molecule has 0 amide bonds. The third kappa shape index (κ3) is 5.39. The van der Waals surface area contributed by atoms with Crippen molar-refractivity contribution in [2.75, 3.05) is 27.7 Å². The number of hydrogen-bond donors (Lipinski definition) is 2. The van der Waals surface area contributed by atoms with Crippen LogP contribution in [-0.4, -0.2) is 43.8 Å². The van der Waals surface area contributed by atoms with E-state index in [0.717, 1.165) is 24.3 Å². The molecule has 1 aromatic rings. The van der Waals surface area contributed by atoms with Crippen LogP contribution in [-0.2, 0) is 6.54 Å². The first-order chi connectivity index (χ1) is 9.43. The van der Waals surface area contributed by atoms with E-state index in [9.17, 15) is 5.11 Å². The molecule has 0 aliphatic rings. The zero-order valence-electron chi connectivity index (χ0n) is 13.3. The number of aromatic hydroxyl groups is 1. The number of rotatable bonds is 8. The Morgan fingerprint density at radius 2 is 2.00 bits per heavy atom. The third-order valence-electron chi connectivity index (χ3n) is 3.46. The van der Waals surface area contributed by atoms with Crippen LogP contribution in [0.15, 0.2) is 18.2 Å². The zero-order valence-corrected chi connectivity index (χ0v) is 13.3. The van der Waals surface area contributed by atoms with E-state index in [2.05, 4.69) is 38.2 Å². The number of hydrogen-bond acceptors (Lipinski definition) is 4. The first-order valence-corrected chi connectivity index (χ1v) is 7.17. The molecule has 0 saturated carbocycles. The van der Waals surface area contributed by atoms with Gasteiger partial charge in [-0.05, 0) is 44.6 Å². The summed E-state index contributed by atoms with van der Waals surface area (Å²) < 4.78 is 5.18. The van der Waals surface area contributed by atoms with Gasteiger partial charge in [0.15, 0.2) is 0 Å². The summed E-state index contributed by atoms with van der Waals surface area (Å²) >= 11 is 0. The van der Waals surface area contributed by atoms with Crippen LogP contribution in [0.4, 0.5) is 0 Å². The molecule has 0 heterocycles. The second-order valence-corrected chi connectivity index (χ2v) is 5.87. The van der Waals surface area contributed by atoms with Crippen LogP contribution in [0.1, 0.15) is 25.8 Å². The Kier molecular flexibility index (Phi) is 6.82. The molecule has 0 spiro atoms. The maximum Gasteiger partial charge on any atom is 0.120 e. The Balaban J connectivity index is 2.54. The topological polar surface area (TPSA) is 44.7 Å². The second kappa shape index (κ2) is 8.12. The number of nitrogens with one attached hydrogen (secondary N) is 1. The molecule has 20 heavy (non-hydrogen) atoms. The van der Waals surface area contributed by atoms with Gasteiger partial charge in [0.1, 0.15) is 11.5 Å². The van der Waals surface area contributed by atoms with Crippen molar-refractivity contribution in [2.24, 2.45) is 5.92 Å². The molecule has 0 radical (unpaired) electrons. The fraction of sp³-hybridized carbons (Fsp3) is 0.625. The molecule has 0 bridgehead atoms. The van der Waals surface area contributed by atoms with Crippen LogP contribution in [0.2, 0.25) is 0 Å². The lowest BCUT2D eigenvalue weighted by atomic mass is 10.0. The van der Waals surface area contributed by atoms with Gasteiger partial charge in [0.25, 0.3) is 0 Å². The normalized spacial score (nSPS) is 12.9. The quantitative estimate of drug-likeness (QED) is 0.768. The van der Waals surface area contributed by atoms with Crippen LogP contribution >= 0.6 is 0 Å². The van der Waals surface area contributed by atoms with Gasteiger partial charge in [-0.25, -0.2) is 0 Å². The van der Waals surface area contributed by atoms with E-state index in [4.69, 9.17) is 4.74 Å². The second-order valence-electron chi connectivity index (χ2n) is 5.87. The molecule has 1 aromatic carbocycles. The molecule has 1 unspecified atom stereocenters. The molecular formula is C16H28N2O2. The van der Waals surface area contributed by atoms with Gasteiger partial charge in [0.05, 0.1) is 7.11 Å². The third-order valence-corrected chi connectivity index (χ3v) is 3.46. The van der Waals surface area contributed by atoms with Crippen LogP contribution in [0.5, 0.6) is 11.5 Å². The van der Waals surface area contributed by atoms with Crippen LogP contribution < -0.4 is 10.1 Å². The number of benzene rings is 1. The number of phenols is 1. The highest BCUT2D eigenvalue weighted by molar-refractivity contribution is 5.39. The molecule has 0 aliphatic heterocycles. The SMILES string of the molecule is COc1ccc(O)c(CNCC(CC(C)C)N(C)C)c1. The fourth-order valence-electron chi connectivity index (χ4n) is 2.22. The molecule has 0 aromatic heterocycles. The van der Waals surface area contributed by atoms with E-state index in [0.29, 0.717) is 24.3 Å². The molecule has 0 saturated heterocycles. The summed E-state index contributed by atoms with van der Waals surface area (Å²) in [5, 5.41) is 13.3. The Hall–Kier alpha value is -1.26. The molecule has 4 heteroatoms. The summed E-state index contributed by atoms with van der Waals surface area (Å²) in [7, 11) is 5.85. The van der Waals surface area contributed by atoms with Crippen molar-refractivity contribution in [1.29, 1.82) is 0 Å². The fourth-order valence-corrected chi connectivity index (χ4v) is 2.22. The number of phenolic OH excluding ortho intramolecular Hbond substituents is 1. The van der Waals surface area contributed by atoms with Crippen molar-refractivity contribution in [3.05, 3.63) is 23.8 Å². The largest absolute Gasteiger partial charge is 0.508 e. The molecular weight excluding hydrogens is 252 g/mol. The predicted octanol–water partition coefficient (Wildman–Crippen LogP) is 2.47. The Bertz CT molecular complexity index is 405. The van der Waals surface area contributed by atoms with E-state index in [-0.39, 0.29) is 0 Å². The summed E-state index contributed by atoms with van der Waals surface area (Å²) in [4.78, 5) is 2.25. The highest BCUT2D eigenvalue weighted by atomic mass is 16.5. The van der Waals surface area contributed by atoms with Gasteiger partial charge in [-0.15, -0.1) is 0 Å². The smallest absolute Gasteiger partial charge is 0.120 e. The lowest BCUT2D eigenvalue weighted by Gasteiger charge is -2.26. The summed E-state index contributed by atoms with van der Waals surface area (Å²) in [6.45, 7) is 6.03. The van der Waals surface area contributed by atoms with Crippen molar-refractivity contribution >= 4 is 0 Å². The van der Waals surface area contributed by atoms with Crippen molar-refractivity contribution in [2.45, 2.75) is 32.9 Å². The summed E-state index contributed by atoms with van der Waals surface area (Å²) in [6, 6.07) is 5.81. The molecule has 0 fully saturated rings. The summed E-state index contributed by atoms with van der Waals surface area (Å²) in [6.07, 6.45) is 1.16. The van der Waals surface area contributed by atoms with Gasteiger partial charge in [-0.3, -0.25) is 0 Å².